The van der Waals surface area contributed by atoms with Crippen molar-refractivity contribution >= 4 is 40.2 Å². The van der Waals surface area contributed by atoms with Crippen LogP contribution in [0.25, 0.3) is 0 Å². The van der Waals surface area contributed by atoms with Crippen molar-refractivity contribution in [3.63, 3.8) is 0 Å². The molecule has 2 rings (SSSR count). The molecular formula is C15H19ClN2OS2. The number of rotatable bonds is 7. The topological polar surface area (TPSA) is 41.1 Å². The number of amides is 1. The van der Waals surface area contributed by atoms with Crippen LogP contribution in [0.4, 0.5) is 0 Å². The van der Waals surface area contributed by atoms with Gasteiger partial charge in [0.2, 0.25) is 5.91 Å². The molecule has 1 unspecified atom stereocenters. The van der Waals surface area contributed by atoms with Crippen molar-refractivity contribution < 1.29 is 4.79 Å². The second-order valence-electron chi connectivity index (χ2n) is 5.02. The largest absolute Gasteiger partial charge is 0.354 e. The van der Waals surface area contributed by atoms with Gasteiger partial charge in [0.1, 0.15) is 0 Å². The summed E-state index contributed by atoms with van der Waals surface area (Å²) in [7, 11) is 0. The molecule has 6 heteroatoms. The van der Waals surface area contributed by atoms with Crippen molar-refractivity contribution in [1.29, 1.82) is 0 Å². The molecule has 3 nitrogen and oxygen atoms in total. The van der Waals surface area contributed by atoms with Gasteiger partial charge in [-0.2, -0.15) is 0 Å². The molecule has 114 valence electrons. The predicted octanol–water partition coefficient (Wildman–Crippen LogP) is 4.06. The number of hydrogen-bond acceptors (Lipinski definition) is 4. The highest BCUT2D eigenvalue weighted by Crippen LogP contribution is 2.32. The fourth-order valence-corrected chi connectivity index (χ4v) is 4.05. The van der Waals surface area contributed by atoms with E-state index >= 15 is 0 Å². The van der Waals surface area contributed by atoms with E-state index in [2.05, 4.69) is 22.1 Å². The Morgan fingerprint density at radius 3 is 2.67 bits per heavy atom. The maximum absolute atomic E-state index is 11.7. The molecule has 21 heavy (non-hydrogen) atoms. The zero-order chi connectivity index (χ0) is 15.2. The summed E-state index contributed by atoms with van der Waals surface area (Å²) in [5.74, 6) is 0.0756. The lowest BCUT2D eigenvalue weighted by molar-refractivity contribution is -0.121. The summed E-state index contributed by atoms with van der Waals surface area (Å²) in [5, 5.41) is 8.42. The molecule has 1 atom stereocenters. The standard InChI is InChI=1S/C15H19ClN2OS2/c1-10(2)18-14(19)7-8-17-15(11-4-3-9-20-11)12-5-6-13(16)21-12/h3-6,9-10,15,17H,7-8H2,1-2H3,(H,18,19). The van der Waals surface area contributed by atoms with Gasteiger partial charge in [-0.15, -0.1) is 22.7 Å². The first-order valence-corrected chi connectivity index (χ1v) is 8.95. The van der Waals surface area contributed by atoms with Crippen LogP contribution < -0.4 is 10.6 Å². The molecule has 0 bridgehead atoms. The van der Waals surface area contributed by atoms with Gasteiger partial charge in [-0.3, -0.25) is 4.79 Å². The van der Waals surface area contributed by atoms with Crippen LogP contribution >= 0.6 is 34.3 Å². The van der Waals surface area contributed by atoms with Gasteiger partial charge in [0.25, 0.3) is 0 Å². The second kappa shape index (κ2) is 7.94. The lowest BCUT2D eigenvalue weighted by Crippen LogP contribution is -2.33. The predicted molar refractivity (Wildman–Crippen MR) is 91.4 cm³/mol. The van der Waals surface area contributed by atoms with Crippen molar-refractivity contribution in [2.45, 2.75) is 32.4 Å². The highest BCUT2D eigenvalue weighted by molar-refractivity contribution is 7.16. The SMILES string of the molecule is CC(C)NC(=O)CCNC(c1cccs1)c1ccc(Cl)s1. The Hall–Kier alpha value is -0.880. The summed E-state index contributed by atoms with van der Waals surface area (Å²) in [4.78, 5) is 14.1. The minimum atomic E-state index is 0.0756. The van der Waals surface area contributed by atoms with E-state index in [1.54, 1.807) is 22.7 Å². The van der Waals surface area contributed by atoms with Crippen LogP contribution in [0.1, 0.15) is 36.1 Å². The van der Waals surface area contributed by atoms with E-state index in [4.69, 9.17) is 11.6 Å². The van der Waals surface area contributed by atoms with E-state index in [-0.39, 0.29) is 18.0 Å². The summed E-state index contributed by atoms with van der Waals surface area (Å²) in [5.41, 5.74) is 0. The van der Waals surface area contributed by atoms with Crippen molar-refractivity contribution in [2.75, 3.05) is 6.54 Å². The molecule has 0 spiro atoms. The zero-order valence-electron chi connectivity index (χ0n) is 12.1. The van der Waals surface area contributed by atoms with Crippen LogP contribution in [-0.2, 0) is 4.79 Å². The lowest BCUT2D eigenvalue weighted by Gasteiger charge is -2.16. The van der Waals surface area contributed by atoms with Crippen LogP contribution in [-0.4, -0.2) is 18.5 Å². The quantitative estimate of drug-likeness (QED) is 0.796. The van der Waals surface area contributed by atoms with Crippen LogP contribution in [0.3, 0.4) is 0 Å². The molecule has 0 saturated heterocycles. The van der Waals surface area contributed by atoms with Crippen LogP contribution in [0.2, 0.25) is 4.34 Å². The van der Waals surface area contributed by atoms with Crippen molar-refractivity contribution in [3.8, 4) is 0 Å². The van der Waals surface area contributed by atoms with Gasteiger partial charge in [-0.05, 0) is 37.4 Å². The van der Waals surface area contributed by atoms with Crippen molar-refractivity contribution in [3.05, 3.63) is 43.7 Å². The van der Waals surface area contributed by atoms with E-state index in [1.165, 1.54) is 9.75 Å². The van der Waals surface area contributed by atoms with Gasteiger partial charge in [0.05, 0.1) is 10.4 Å². The van der Waals surface area contributed by atoms with E-state index in [1.807, 2.05) is 32.0 Å². The van der Waals surface area contributed by atoms with Crippen molar-refractivity contribution in [1.82, 2.24) is 10.6 Å². The van der Waals surface area contributed by atoms with Gasteiger partial charge in [0.15, 0.2) is 0 Å². The normalized spacial score (nSPS) is 12.6. The maximum Gasteiger partial charge on any atom is 0.221 e. The molecular weight excluding hydrogens is 324 g/mol. The number of thiophene rings is 2. The summed E-state index contributed by atoms with van der Waals surface area (Å²) >= 11 is 9.32. The number of hydrogen-bond donors (Lipinski definition) is 2. The van der Waals surface area contributed by atoms with Gasteiger partial charge < -0.3 is 10.6 Å². The molecule has 1 amide bonds. The molecule has 0 aromatic carbocycles. The Balaban J connectivity index is 1.96. The molecule has 0 radical (unpaired) electrons. The summed E-state index contributed by atoms with van der Waals surface area (Å²) in [6.45, 7) is 4.57. The molecule has 0 fully saturated rings. The third-order valence-electron chi connectivity index (χ3n) is 2.86. The first kappa shape index (κ1) is 16.5. The molecule has 2 aromatic rings. The summed E-state index contributed by atoms with van der Waals surface area (Å²) in [6, 6.07) is 8.38. The highest BCUT2D eigenvalue weighted by atomic mass is 35.5. The van der Waals surface area contributed by atoms with Gasteiger partial charge in [-0.1, -0.05) is 17.7 Å². The van der Waals surface area contributed by atoms with E-state index in [0.29, 0.717) is 13.0 Å². The minimum absolute atomic E-state index is 0.0756. The molecule has 2 heterocycles. The number of nitrogens with one attached hydrogen (secondary N) is 2. The van der Waals surface area contributed by atoms with E-state index in [9.17, 15) is 4.79 Å². The van der Waals surface area contributed by atoms with Gasteiger partial charge in [0, 0.05) is 28.8 Å². The Bertz CT molecular complexity index is 566. The molecule has 0 aliphatic heterocycles. The number of halogens is 1. The Morgan fingerprint density at radius 2 is 2.10 bits per heavy atom. The van der Waals surface area contributed by atoms with Gasteiger partial charge >= 0.3 is 0 Å². The summed E-state index contributed by atoms with van der Waals surface area (Å²) < 4.78 is 0.783. The molecule has 0 aliphatic rings. The van der Waals surface area contributed by atoms with E-state index < -0.39 is 0 Å². The average Bonchev–Trinajstić information content (AvgIpc) is 3.05. The Morgan fingerprint density at radius 1 is 1.29 bits per heavy atom. The number of carbonyl (C=O) groups is 1. The van der Waals surface area contributed by atoms with Crippen molar-refractivity contribution in [2.24, 2.45) is 0 Å². The third-order valence-corrected chi connectivity index (χ3v) is 5.09. The monoisotopic (exact) mass is 342 g/mol. The molecule has 0 saturated carbocycles. The molecule has 2 aromatic heterocycles. The maximum atomic E-state index is 11.7. The minimum Gasteiger partial charge on any atom is -0.354 e. The van der Waals surface area contributed by atoms with Crippen LogP contribution in [0, 0.1) is 0 Å². The molecule has 0 aliphatic carbocycles. The van der Waals surface area contributed by atoms with E-state index in [0.717, 1.165) is 4.34 Å². The average molecular weight is 343 g/mol. The van der Waals surface area contributed by atoms with Crippen LogP contribution in [0.5, 0.6) is 0 Å². The fraction of sp³-hybridized carbons (Fsp3) is 0.400. The fourth-order valence-electron chi connectivity index (χ4n) is 2.00. The first-order chi connectivity index (χ1) is 10.1. The van der Waals surface area contributed by atoms with Crippen LogP contribution in [0.15, 0.2) is 29.6 Å². The van der Waals surface area contributed by atoms with Gasteiger partial charge in [-0.25, -0.2) is 0 Å². The smallest absolute Gasteiger partial charge is 0.221 e. The lowest BCUT2D eigenvalue weighted by atomic mass is 10.2. The number of carbonyl (C=O) groups excluding carboxylic acids is 1. The molecule has 2 N–H and O–H groups in total. The Kier molecular flexibility index (Phi) is 6.23. The summed E-state index contributed by atoms with van der Waals surface area (Å²) in [6.07, 6.45) is 0.471. The zero-order valence-corrected chi connectivity index (χ0v) is 14.4. The Labute approximate surface area is 138 Å². The second-order valence-corrected chi connectivity index (χ2v) is 7.74. The highest BCUT2D eigenvalue weighted by Gasteiger charge is 2.17. The third kappa shape index (κ3) is 5.11. The first-order valence-electron chi connectivity index (χ1n) is 6.87.